The number of anilines is 1. The van der Waals surface area contributed by atoms with Crippen molar-refractivity contribution < 1.29 is 9.53 Å². The van der Waals surface area contributed by atoms with Crippen molar-refractivity contribution in [3.05, 3.63) is 60.3 Å². The summed E-state index contributed by atoms with van der Waals surface area (Å²) in [6, 6.07) is 17.2. The Bertz CT molecular complexity index is 1110. The molecule has 0 bridgehead atoms. The first kappa shape index (κ1) is 25.4. The average Bonchev–Trinajstić information content (AvgIpc) is 3.23. The minimum Gasteiger partial charge on any atom is -0.360 e. The molecule has 8 heteroatoms. The maximum atomic E-state index is 13.1. The van der Waals surface area contributed by atoms with Crippen molar-refractivity contribution in [1.82, 2.24) is 20.0 Å². The van der Waals surface area contributed by atoms with E-state index in [0.717, 1.165) is 47.8 Å². The Morgan fingerprint density at radius 2 is 1.97 bits per heavy atom. The monoisotopic (exact) mass is 493 g/mol. The Morgan fingerprint density at radius 3 is 2.71 bits per heavy atom. The Balaban J connectivity index is 1.40. The second-order valence-electron chi connectivity index (χ2n) is 10.8. The quantitative estimate of drug-likeness (QED) is 0.296. The Labute approximate surface area is 209 Å². The van der Waals surface area contributed by atoms with Crippen LogP contribution < -0.4 is 10.6 Å². The summed E-state index contributed by atoms with van der Waals surface area (Å²) in [5, 5.41) is 11.9. The first-order chi connectivity index (χ1) is 16.8. The van der Waals surface area contributed by atoms with Gasteiger partial charge in [-0.1, -0.05) is 56.4 Å². The highest BCUT2D eigenvalue weighted by molar-refractivity contribution is 6.76. The Hall–Kier alpha value is -2.68. The maximum absolute atomic E-state index is 13.1. The van der Waals surface area contributed by atoms with Gasteiger partial charge in [0.1, 0.15) is 6.73 Å². The molecule has 2 unspecified atom stereocenters. The van der Waals surface area contributed by atoms with Gasteiger partial charge in [0, 0.05) is 38.0 Å². The third-order valence-electron chi connectivity index (χ3n) is 6.69. The number of likely N-dealkylation sites (tertiary alicyclic amines) is 1. The summed E-state index contributed by atoms with van der Waals surface area (Å²) in [7, 11) is 1.05. The van der Waals surface area contributed by atoms with Crippen LogP contribution in [0.25, 0.3) is 10.9 Å². The van der Waals surface area contributed by atoms with Crippen LogP contribution >= 0.6 is 0 Å². The fraction of sp³-hybridized carbons (Fsp3) is 0.481. The number of ether oxygens (including phenoxy) is 1. The summed E-state index contributed by atoms with van der Waals surface area (Å²) < 4.78 is 7.65. The van der Waals surface area contributed by atoms with E-state index in [1.54, 1.807) is 0 Å². The van der Waals surface area contributed by atoms with E-state index >= 15 is 0 Å². The maximum Gasteiger partial charge on any atom is 0.319 e. The number of hydrogen-bond acceptors (Lipinski definition) is 4. The molecule has 3 aromatic rings. The number of likely N-dealkylation sites (N-methyl/N-ethyl adjacent to an activating group) is 1. The summed E-state index contributed by atoms with van der Waals surface area (Å²) in [6.45, 7) is 9.29. The SMILES string of the molecule is CN1CCCCC1C(NC(=O)Nc1ccc2cn(COCC[Si](C)(C)C)nc2c1)c1ccccc1. The highest BCUT2D eigenvalue weighted by Gasteiger charge is 2.30. The van der Waals surface area contributed by atoms with E-state index in [-0.39, 0.29) is 18.1 Å². The van der Waals surface area contributed by atoms with E-state index in [0.29, 0.717) is 6.73 Å². The van der Waals surface area contributed by atoms with Gasteiger partial charge in [0.15, 0.2) is 0 Å². The molecule has 1 aliphatic rings. The smallest absolute Gasteiger partial charge is 0.319 e. The van der Waals surface area contributed by atoms with Crippen molar-refractivity contribution in [1.29, 1.82) is 0 Å². The number of amides is 2. The van der Waals surface area contributed by atoms with E-state index in [1.165, 1.54) is 12.8 Å². The van der Waals surface area contributed by atoms with Crippen molar-refractivity contribution >= 4 is 30.7 Å². The summed E-state index contributed by atoms with van der Waals surface area (Å²) >= 11 is 0. The molecule has 2 heterocycles. The molecule has 0 spiro atoms. The topological polar surface area (TPSA) is 71.4 Å². The lowest BCUT2D eigenvalue weighted by molar-refractivity contribution is 0.0791. The molecule has 35 heavy (non-hydrogen) atoms. The van der Waals surface area contributed by atoms with Gasteiger partial charge in [-0.2, -0.15) is 5.10 Å². The van der Waals surface area contributed by atoms with Gasteiger partial charge < -0.3 is 20.3 Å². The molecule has 1 saturated heterocycles. The van der Waals surface area contributed by atoms with E-state index in [9.17, 15) is 4.79 Å². The van der Waals surface area contributed by atoms with Crippen LogP contribution in [0.5, 0.6) is 0 Å². The molecular weight excluding hydrogens is 454 g/mol. The molecule has 2 N–H and O–H groups in total. The second kappa shape index (κ2) is 11.4. The van der Waals surface area contributed by atoms with E-state index < -0.39 is 8.07 Å². The van der Waals surface area contributed by atoms with Crippen molar-refractivity contribution in [2.24, 2.45) is 0 Å². The van der Waals surface area contributed by atoms with Gasteiger partial charge in [-0.15, -0.1) is 0 Å². The summed E-state index contributed by atoms with van der Waals surface area (Å²) in [4.78, 5) is 15.4. The minimum absolute atomic E-state index is 0.0715. The van der Waals surface area contributed by atoms with Crippen molar-refractivity contribution in [2.45, 2.75) is 63.8 Å². The molecule has 2 atom stereocenters. The normalized spacial score (nSPS) is 17.9. The molecule has 7 nitrogen and oxygen atoms in total. The molecule has 1 fully saturated rings. The molecule has 1 aliphatic heterocycles. The summed E-state index contributed by atoms with van der Waals surface area (Å²) in [5.41, 5.74) is 2.69. The van der Waals surface area contributed by atoms with Gasteiger partial charge in [-0.3, -0.25) is 0 Å². The van der Waals surface area contributed by atoms with E-state index in [2.05, 4.69) is 59.5 Å². The number of hydrogen-bond donors (Lipinski definition) is 2. The van der Waals surface area contributed by atoms with E-state index in [4.69, 9.17) is 4.74 Å². The van der Waals surface area contributed by atoms with E-state index in [1.807, 2.05) is 47.3 Å². The zero-order valence-electron chi connectivity index (χ0n) is 21.5. The lowest BCUT2D eigenvalue weighted by Gasteiger charge is -2.38. The number of aromatic nitrogens is 2. The second-order valence-corrected chi connectivity index (χ2v) is 16.4. The zero-order valence-corrected chi connectivity index (χ0v) is 22.5. The zero-order chi connectivity index (χ0) is 24.8. The largest absolute Gasteiger partial charge is 0.360 e. The van der Waals surface area contributed by atoms with Crippen LogP contribution in [-0.4, -0.2) is 55.0 Å². The van der Waals surface area contributed by atoms with Gasteiger partial charge in [-0.05, 0) is 56.2 Å². The predicted molar refractivity (Wildman–Crippen MR) is 145 cm³/mol. The molecule has 1 aromatic heterocycles. The summed E-state index contributed by atoms with van der Waals surface area (Å²) in [6.07, 6.45) is 5.44. The van der Waals surface area contributed by atoms with Crippen LogP contribution in [0, 0.1) is 0 Å². The molecular formula is C27H39N5O2Si. The molecule has 4 rings (SSSR count). The first-order valence-electron chi connectivity index (χ1n) is 12.7. The van der Waals surface area contributed by atoms with Crippen molar-refractivity contribution in [2.75, 3.05) is 25.5 Å². The number of carbonyl (C=O) groups is 1. The standard InChI is InChI=1S/C27H39N5O2Si/c1-31-15-9-8-12-25(31)26(21-10-6-5-7-11-21)29-27(33)28-23-14-13-22-19-32(30-24(22)18-23)20-34-16-17-35(2,3)4/h5-7,10-11,13-14,18-19,25-26H,8-9,12,15-17,20H2,1-4H3,(H2,28,29,33). The number of nitrogens with zero attached hydrogens (tertiary/aromatic N) is 3. The molecule has 188 valence electrons. The molecule has 2 aromatic carbocycles. The highest BCUT2D eigenvalue weighted by atomic mass is 28.3. The van der Waals surface area contributed by atoms with Crippen molar-refractivity contribution in [3.63, 3.8) is 0 Å². The minimum atomic E-state index is -1.10. The van der Waals surface area contributed by atoms with Crippen LogP contribution in [0.3, 0.4) is 0 Å². The fourth-order valence-electron chi connectivity index (χ4n) is 4.64. The van der Waals surface area contributed by atoms with Crippen LogP contribution in [0.15, 0.2) is 54.7 Å². The molecule has 0 aliphatic carbocycles. The fourth-order valence-corrected chi connectivity index (χ4v) is 5.40. The molecule has 0 saturated carbocycles. The van der Waals surface area contributed by atoms with Gasteiger partial charge >= 0.3 is 6.03 Å². The Morgan fingerprint density at radius 1 is 1.17 bits per heavy atom. The van der Waals surface area contributed by atoms with Crippen LogP contribution in [0.1, 0.15) is 30.9 Å². The third-order valence-corrected chi connectivity index (χ3v) is 8.39. The number of rotatable bonds is 9. The average molecular weight is 494 g/mol. The lowest BCUT2D eigenvalue weighted by Crippen LogP contribution is -2.47. The Kier molecular flexibility index (Phi) is 8.25. The number of urea groups is 1. The summed E-state index contributed by atoms with van der Waals surface area (Å²) in [5.74, 6) is 0. The first-order valence-corrected chi connectivity index (χ1v) is 16.4. The van der Waals surface area contributed by atoms with Crippen LogP contribution in [-0.2, 0) is 11.5 Å². The number of nitrogens with one attached hydrogen (secondary N) is 2. The number of fused-ring (bicyclic) bond motifs is 1. The third kappa shape index (κ3) is 7.16. The predicted octanol–water partition coefficient (Wildman–Crippen LogP) is 5.70. The highest BCUT2D eigenvalue weighted by Crippen LogP contribution is 2.28. The van der Waals surface area contributed by atoms with Gasteiger partial charge in [0.25, 0.3) is 0 Å². The molecule has 0 radical (unpaired) electrons. The van der Waals surface area contributed by atoms with Gasteiger partial charge in [0.05, 0.1) is 11.6 Å². The van der Waals surface area contributed by atoms with Crippen LogP contribution in [0.4, 0.5) is 10.5 Å². The number of piperidine rings is 1. The van der Waals surface area contributed by atoms with Gasteiger partial charge in [-0.25, -0.2) is 9.48 Å². The van der Waals surface area contributed by atoms with Crippen molar-refractivity contribution in [3.8, 4) is 0 Å². The number of carbonyl (C=O) groups excluding carboxylic acids is 1. The lowest BCUT2D eigenvalue weighted by atomic mass is 9.91. The van der Waals surface area contributed by atoms with Crippen LogP contribution in [0.2, 0.25) is 25.7 Å². The number of benzene rings is 2. The van der Waals surface area contributed by atoms with Gasteiger partial charge in [0.2, 0.25) is 0 Å². The molecule has 2 amide bonds.